The minimum atomic E-state index is -3.42. The highest BCUT2D eigenvalue weighted by Crippen LogP contribution is 2.19. The molecule has 0 heterocycles. The lowest BCUT2D eigenvalue weighted by Gasteiger charge is -2.09. The molecule has 0 radical (unpaired) electrons. The first-order chi connectivity index (χ1) is 8.96. The second-order valence-corrected chi connectivity index (χ2v) is 6.97. The molecule has 0 fully saturated rings. The van der Waals surface area contributed by atoms with Gasteiger partial charge < -0.3 is 5.73 Å². The van der Waals surface area contributed by atoms with Crippen LogP contribution in [0, 0.1) is 3.57 Å². The summed E-state index contributed by atoms with van der Waals surface area (Å²) >= 11 is 2.09. The van der Waals surface area contributed by atoms with E-state index in [0.717, 1.165) is 3.57 Å². The number of nitrogens with two attached hydrogens (primary N) is 1. The van der Waals surface area contributed by atoms with E-state index in [0.29, 0.717) is 16.9 Å². The summed E-state index contributed by atoms with van der Waals surface area (Å²) in [7, 11) is -3.42. The number of anilines is 2. The maximum Gasteiger partial charge on any atom is 0.236 e. The maximum atomic E-state index is 12.1. The van der Waals surface area contributed by atoms with Crippen LogP contribution in [-0.4, -0.2) is 8.42 Å². The molecule has 0 aliphatic carbocycles. The van der Waals surface area contributed by atoms with Crippen molar-refractivity contribution in [2.45, 2.75) is 5.75 Å². The van der Waals surface area contributed by atoms with E-state index in [4.69, 9.17) is 5.73 Å². The third kappa shape index (κ3) is 4.10. The highest BCUT2D eigenvalue weighted by Gasteiger charge is 2.13. The first-order valence-corrected chi connectivity index (χ1v) is 8.29. The van der Waals surface area contributed by atoms with Crippen LogP contribution in [-0.2, 0) is 15.8 Å². The molecule has 19 heavy (non-hydrogen) atoms. The monoisotopic (exact) mass is 388 g/mol. The van der Waals surface area contributed by atoms with Gasteiger partial charge in [0, 0.05) is 9.26 Å². The van der Waals surface area contributed by atoms with Crippen molar-refractivity contribution >= 4 is 44.0 Å². The Bertz CT molecular complexity index is 669. The molecule has 0 unspecified atom stereocenters. The first kappa shape index (κ1) is 14.1. The molecule has 2 aromatic carbocycles. The fourth-order valence-corrected chi connectivity index (χ4v) is 3.50. The molecule has 0 aromatic heterocycles. The largest absolute Gasteiger partial charge is 0.399 e. The smallest absolute Gasteiger partial charge is 0.236 e. The molecule has 6 heteroatoms. The normalized spacial score (nSPS) is 11.2. The van der Waals surface area contributed by atoms with Crippen molar-refractivity contribution in [1.82, 2.24) is 0 Å². The van der Waals surface area contributed by atoms with E-state index in [1.807, 2.05) is 12.1 Å². The van der Waals surface area contributed by atoms with E-state index in [9.17, 15) is 8.42 Å². The second kappa shape index (κ2) is 5.79. The van der Waals surface area contributed by atoms with Crippen LogP contribution in [0.15, 0.2) is 48.5 Å². The molecule has 0 saturated carbocycles. The molecule has 0 spiro atoms. The van der Waals surface area contributed by atoms with Crippen molar-refractivity contribution in [2.75, 3.05) is 10.5 Å². The van der Waals surface area contributed by atoms with Gasteiger partial charge in [0.2, 0.25) is 10.0 Å². The molecular formula is C13H13IN2O2S. The Labute approximate surface area is 126 Å². The molecule has 0 aliphatic rings. The fraction of sp³-hybridized carbons (Fsp3) is 0.0769. The van der Waals surface area contributed by atoms with Crippen molar-refractivity contribution in [3.05, 3.63) is 57.7 Å². The molecule has 0 atom stereocenters. The lowest BCUT2D eigenvalue weighted by atomic mass is 10.2. The van der Waals surface area contributed by atoms with Crippen molar-refractivity contribution < 1.29 is 8.42 Å². The van der Waals surface area contributed by atoms with Crippen molar-refractivity contribution in [3.63, 3.8) is 0 Å². The van der Waals surface area contributed by atoms with Crippen LogP contribution < -0.4 is 10.5 Å². The topological polar surface area (TPSA) is 72.2 Å². The minimum Gasteiger partial charge on any atom is -0.399 e. The zero-order valence-corrected chi connectivity index (χ0v) is 13.0. The Morgan fingerprint density at radius 2 is 1.68 bits per heavy atom. The summed E-state index contributed by atoms with van der Waals surface area (Å²) in [6, 6.07) is 14.1. The van der Waals surface area contributed by atoms with Gasteiger partial charge in [-0.1, -0.05) is 24.3 Å². The number of para-hydroxylation sites is 1. The summed E-state index contributed by atoms with van der Waals surface area (Å²) in [6.45, 7) is 0. The van der Waals surface area contributed by atoms with Gasteiger partial charge in [0.1, 0.15) is 0 Å². The molecule has 0 amide bonds. The number of nitrogens with one attached hydrogen (secondary N) is 1. The molecule has 2 rings (SSSR count). The van der Waals surface area contributed by atoms with Crippen LogP contribution in [0.5, 0.6) is 0 Å². The lowest BCUT2D eigenvalue weighted by molar-refractivity contribution is 0.600. The van der Waals surface area contributed by atoms with Crippen LogP contribution in [0.2, 0.25) is 0 Å². The summed E-state index contributed by atoms with van der Waals surface area (Å²) in [5.74, 6) is -0.0712. The number of halogens is 1. The lowest BCUT2D eigenvalue weighted by Crippen LogP contribution is -2.15. The van der Waals surface area contributed by atoms with Gasteiger partial charge in [-0.15, -0.1) is 0 Å². The number of hydrogen-bond donors (Lipinski definition) is 2. The van der Waals surface area contributed by atoms with Crippen LogP contribution in [0.3, 0.4) is 0 Å². The van der Waals surface area contributed by atoms with Gasteiger partial charge in [-0.05, 0) is 52.4 Å². The highest BCUT2D eigenvalue weighted by atomic mass is 127. The van der Waals surface area contributed by atoms with E-state index < -0.39 is 10.0 Å². The Morgan fingerprint density at radius 1 is 1.05 bits per heavy atom. The van der Waals surface area contributed by atoms with Crippen LogP contribution in [0.25, 0.3) is 0 Å². The molecule has 2 aromatic rings. The van der Waals surface area contributed by atoms with Gasteiger partial charge in [-0.25, -0.2) is 8.42 Å². The molecule has 100 valence electrons. The number of sulfonamides is 1. The van der Waals surface area contributed by atoms with E-state index in [1.54, 1.807) is 36.4 Å². The average Bonchev–Trinajstić information content (AvgIpc) is 2.35. The van der Waals surface area contributed by atoms with E-state index >= 15 is 0 Å². The maximum absolute atomic E-state index is 12.1. The summed E-state index contributed by atoms with van der Waals surface area (Å²) < 4.78 is 27.6. The molecule has 3 N–H and O–H groups in total. The summed E-state index contributed by atoms with van der Waals surface area (Å²) in [5.41, 5.74) is 7.48. The third-order valence-corrected chi connectivity index (χ3v) is 4.66. The van der Waals surface area contributed by atoms with Gasteiger partial charge in [-0.3, -0.25) is 4.72 Å². The molecule has 0 saturated heterocycles. The van der Waals surface area contributed by atoms with Gasteiger partial charge in [0.15, 0.2) is 0 Å². The molecule has 0 bridgehead atoms. The second-order valence-electron chi connectivity index (χ2n) is 4.08. The SMILES string of the molecule is Nc1ccc(CS(=O)(=O)Nc2ccccc2I)cc1. The Hall–Kier alpha value is -1.28. The quantitative estimate of drug-likeness (QED) is 0.625. The minimum absolute atomic E-state index is 0.0712. The van der Waals surface area contributed by atoms with Gasteiger partial charge in [-0.2, -0.15) is 0 Å². The van der Waals surface area contributed by atoms with Gasteiger partial charge in [0.05, 0.1) is 11.4 Å². The van der Waals surface area contributed by atoms with Gasteiger partial charge in [0.25, 0.3) is 0 Å². The predicted octanol–water partition coefficient (Wildman–Crippen LogP) is 2.82. The van der Waals surface area contributed by atoms with Gasteiger partial charge >= 0.3 is 0 Å². The summed E-state index contributed by atoms with van der Waals surface area (Å²) in [6.07, 6.45) is 0. The number of nitrogen functional groups attached to an aromatic ring is 1. The highest BCUT2D eigenvalue weighted by molar-refractivity contribution is 14.1. The summed E-state index contributed by atoms with van der Waals surface area (Å²) in [4.78, 5) is 0. The number of hydrogen-bond acceptors (Lipinski definition) is 3. The Balaban J connectivity index is 2.15. The fourth-order valence-electron chi connectivity index (χ4n) is 1.58. The summed E-state index contributed by atoms with van der Waals surface area (Å²) in [5, 5.41) is 0. The van der Waals surface area contributed by atoms with E-state index in [-0.39, 0.29) is 5.75 Å². The van der Waals surface area contributed by atoms with Crippen molar-refractivity contribution in [3.8, 4) is 0 Å². The van der Waals surface area contributed by atoms with E-state index in [1.165, 1.54) is 0 Å². The van der Waals surface area contributed by atoms with E-state index in [2.05, 4.69) is 27.3 Å². The Kier molecular flexibility index (Phi) is 4.31. The molecule has 0 aliphatic heterocycles. The zero-order chi connectivity index (χ0) is 13.9. The zero-order valence-electron chi connectivity index (χ0n) is 10.0. The first-order valence-electron chi connectivity index (χ1n) is 5.56. The number of rotatable bonds is 4. The van der Waals surface area contributed by atoms with Crippen LogP contribution >= 0.6 is 22.6 Å². The average molecular weight is 388 g/mol. The molecular weight excluding hydrogens is 375 g/mol. The predicted molar refractivity (Wildman–Crippen MR) is 86.3 cm³/mol. The standard InChI is InChI=1S/C13H13IN2O2S/c14-12-3-1-2-4-13(12)16-19(17,18)9-10-5-7-11(15)8-6-10/h1-8,16H,9,15H2. The van der Waals surface area contributed by atoms with Crippen LogP contribution in [0.1, 0.15) is 5.56 Å². The van der Waals surface area contributed by atoms with Crippen molar-refractivity contribution in [1.29, 1.82) is 0 Å². The Morgan fingerprint density at radius 3 is 2.32 bits per heavy atom. The van der Waals surface area contributed by atoms with Crippen molar-refractivity contribution in [2.24, 2.45) is 0 Å². The van der Waals surface area contributed by atoms with Crippen LogP contribution in [0.4, 0.5) is 11.4 Å². The third-order valence-electron chi connectivity index (χ3n) is 2.48. The number of benzene rings is 2. The molecule has 4 nitrogen and oxygen atoms in total.